The lowest BCUT2D eigenvalue weighted by Gasteiger charge is -2.37. The van der Waals surface area contributed by atoms with Gasteiger partial charge in [-0.05, 0) is 47.9 Å². The summed E-state index contributed by atoms with van der Waals surface area (Å²) in [5, 5.41) is 0.528. The summed E-state index contributed by atoms with van der Waals surface area (Å²) in [6.45, 7) is 8.87. The Labute approximate surface area is 208 Å². The molecule has 1 atom stereocenters. The normalized spacial score (nSPS) is 19.1. The third-order valence-electron chi connectivity index (χ3n) is 6.95. The van der Waals surface area contributed by atoms with Crippen LogP contribution >= 0.6 is 11.3 Å². The van der Waals surface area contributed by atoms with E-state index in [0.29, 0.717) is 30.1 Å². The SMILES string of the molecule is CC1CC(C)(C)Cc2c1nc(N)nc2N1CCOc2ccc(-c3cnc4sc(N)nc4c3)cc2C1. The Morgan fingerprint density at radius 3 is 2.83 bits per heavy atom. The molecule has 180 valence electrons. The fourth-order valence-electron chi connectivity index (χ4n) is 5.57. The zero-order chi connectivity index (χ0) is 24.3. The number of nitrogens with two attached hydrogens (primary N) is 2. The maximum absolute atomic E-state index is 6.20. The molecule has 1 aliphatic carbocycles. The van der Waals surface area contributed by atoms with Gasteiger partial charge >= 0.3 is 0 Å². The summed E-state index contributed by atoms with van der Waals surface area (Å²) >= 11 is 1.40. The standard InChI is InChI=1S/C26H29N7OS/c1-14-10-26(2,3)11-18-21(14)31-24(27)32-22(18)33-6-7-34-20-5-4-15(8-17(20)13-33)16-9-19-23(29-12-16)35-25(28)30-19/h4-5,8-9,12,14H,6-7,10-11,13H2,1-3H3,(H2,28,30)(H2,27,31,32). The average molecular weight is 488 g/mol. The van der Waals surface area contributed by atoms with Crippen molar-refractivity contribution in [3.8, 4) is 16.9 Å². The number of nitrogens with zero attached hydrogens (tertiary/aromatic N) is 5. The van der Waals surface area contributed by atoms with Crippen LogP contribution < -0.4 is 21.1 Å². The first-order valence-corrected chi connectivity index (χ1v) is 12.8. The molecule has 0 amide bonds. The lowest BCUT2D eigenvalue weighted by molar-refractivity contribution is 0.284. The maximum atomic E-state index is 6.20. The Balaban J connectivity index is 1.39. The lowest BCUT2D eigenvalue weighted by atomic mass is 9.71. The first-order chi connectivity index (χ1) is 16.8. The molecule has 4 N–H and O–H groups in total. The minimum atomic E-state index is 0.193. The van der Waals surface area contributed by atoms with Crippen LogP contribution in [0, 0.1) is 5.41 Å². The predicted molar refractivity (Wildman–Crippen MR) is 141 cm³/mol. The molecule has 0 saturated carbocycles. The van der Waals surface area contributed by atoms with E-state index in [2.05, 4.69) is 52.8 Å². The highest BCUT2D eigenvalue weighted by Gasteiger charge is 2.35. The minimum absolute atomic E-state index is 0.193. The number of rotatable bonds is 2. The van der Waals surface area contributed by atoms with E-state index in [9.17, 15) is 0 Å². The molecule has 1 aliphatic heterocycles. The van der Waals surface area contributed by atoms with Gasteiger partial charge in [-0.3, -0.25) is 0 Å². The average Bonchev–Trinajstić information content (AvgIpc) is 3.04. The van der Waals surface area contributed by atoms with Crippen molar-refractivity contribution in [1.29, 1.82) is 0 Å². The highest BCUT2D eigenvalue weighted by molar-refractivity contribution is 7.21. The number of benzene rings is 1. The molecule has 0 bridgehead atoms. The third-order valence-corrected chi connectivity index (χ3v) is 7.76. The van der Waals surface area contributed by atoms with Gasteiger partial charge in [0.25, 0.3) is 0 Å². The van der Waals surface area contributed by atoms with Crippen LogP contribution in [0.1, 0.15) is 49.9 Å². The van der Waals surface area contributed by atoms with Crippen LogP contribution in [0.25, 0.3) is 21.5 Å². The second kappa shape index (κ2) is 8.05. The van der Waals surface area contributed by atoms with Crippen LogP contribution in [-0.2, 0) is 13.0 Å². The predicted octanol–water partition coefficient (Wildman–Crippen LogP) is 4.79. The van der Waals surface area contributed by atoms with Crippen LogP contribution in [0.5, 0.6) is 5.75 Å². The number of anilines is 3. The summed E-state index contributed by atoms with van der Waals surface area (Å²) in [6.07, 6.45) is 3.91. The lowest BCUT2D eigenvalue weighted by Crippen LogP contribution is -2.32. The second-order valence-corrected chi connectivity index (χ2v) is 11.4. The van der Waals surface area contributed by atoms with Crippen LogP contribution in [-0.4, -0.2) is 33.1 Å². The maximum Gasteiger partial charge on any atom is 0.222 e. The molecular weight excluding hydrogens is 458 g/mol. The largest absolute Gasteiger partial charge is 0.491 e. The van der Waals surface area contributed by atoms with Gasteiger partial charge in [0.05, 0.1) is 12.2 Å². The quantitative estimate of drug-likeness (QED) is 0.415. The number of aromatic nitrogens is 4. The van der Waals surface area contributed by atoms with Gasteiger partial charge in [-0.15, -0.1) is 0 Å². The smallest absolute Gasteiger partial charge is 0.222 e. The van der Waals surface area contributed by atoms with Gasteiger partial charge < -0.3 is 21.1 Å². The Morgan fingerprint density at radius 1 is 1.11 bits per heavy atom. The van der Waals surface area contributed by atoms with Gasteiger partial charge in [0, 0.05) is 29.4 Å². The molecule has 1 aromatic carbocycles. The Bertz CT molecular complexity index is 1450. The minimum Gasteiger partial charge on any atom is -0.491 e. The first-order valence-electron chi connectivity index (χ1n) is 12.0. The summed E-state index contributed by atoms with van der Waals surface area (Å²) < 4.78 is 6.14. The van der Waals surface area contributed by atoms with E-state index in [1.807, 2.05) is 18.3 Å². The number of ether oxygens (including phenoxy) is 1. The monoisotopic (exact) mass is 487 g/mol. The molecule has 4 heterocycles. The van der Waals surface area contributed by atoms with Crippen molar-refractivity contribution < 1.29 is 4.74 Å². The van der Waals surface area contributed by atoms with Crippen molar-refractivity contribution in [3.05, 3.63) is 47.3 Å². The molecule has 4 aromatic rings. The molecule has 8 nitrogen and oxygen atoms in total. The number of thiazole rings is 1. The van der Waals surface area contributed by atoms with Crippen molar-refractivity contribution in [2.45, 2.75) is 46.1 Å². The van der Waals surface area contributed by atoms with E-state index in [0.717, 1.165) is 63.7 Å². The summed E-state index contributed by atoms with van der Waals surface area (Å²) in [5.74, 6) is 2.52. The van der Waals surface area contributed by atoms with Crippen molar-refractivity contribution in [3.63, 3.8) is 0 Å². The molecule has 2 aliphatic rings. The molecular formula is C26H29N7OS. The number of fused-ring (bicyclic) bond motifs is 3. The molecule has 35 heavy (non-hydrogen) atoms. The number of nitrogen functional groups attached to an aromatic ring is 2. The number of pyridine rings is 1. The molecule has 3 aromatic heterocycles. The van der Waals surface area contributed by atoms with Crippen molar-refractivity contribution in [2.75, 3.05) is 29.5 Å². The van der Waals surface area contributed by atoms with Gasteiger partial charge in [0.2, 0.25) is 5.95 Å². The van der Waals surface area contributed by atoms with E-state index < -0.39 is 0 Å². The highest BCUT2D eigenvalue weighted by Crippen LogP contribution is 2.44. The number of hydrogen-bond donors (Lipinski definition) is 2. The van der Waals surface area contributed by atoms with Gasteiger partial charge in [0.1, 0.15) is 28.5 Å². The molecule has 0 spiro atoms. The van der Waals surface area contributed by atoms with Crippen LogP contribution in [0.2, 0.25) is 0 Å². The van der Waals surface area contributed by atoms with Gasteiger partial charge in [-0.1, -0.05) is 38.2 Å². The van der Waals surface area contributed by atoms with Gasteiger partial charge in [-0.2, -0.15) is 4.98 Å². The van der Waals surface area contributed by atoms with Gasteiger partial charge in [-0.25, -0.2) is 15.0 Å². The van der Waals surface area contributed by atoms with E-state index in [-0.39, 0.29) is 5.41 Å². The summed E-state index contributed by atoms with van der Waals surface area (Å²) in [6, 6.07) is 8.33. The fraction of sp³-hybridized carbons (Fsp3) is 0.385. The number of hydrogen-bond acceptors (Lipinski definition) is 9. The molecule has 0 radical (unpaired) electrons. The Kier molecular flexibility index (Phi) is 5.07. The summed E-state index contributed by atoms with van der Waals surface area (Å²) in [4.78, 5) is 21.5. The first kappa shape index (κ1) is 22.0. The van der Waals surface area contributed by atoms with Crippen molar-refractivity contribution in [2.24, 2.45) is 5.41 Å². The molecule has 0 fully saturated rings. The van der Waals surface area contributed by atoms with E-state index in [1.54, 1.807) is 0 Å². The molecule has 1 unspecified atom stereocenters. The van der Waals surface area contributed by atoms with Crippen LogP contribution in [0.4, 0.5) is 16.9 Å². The topological polar surface area (TPSA) is 116 Å². The zero-order valence-electron chi connectivity index (χ0n) is 20.2. The van der Waals surface area contributed by atoms with Crippen LogP contribution in [0.15, 0.2) is 30.5 Å². The highest BCUT2D eigenvalue weighted by atomic mass is 32.1. The van der Waals surface area contributed by atoms with E-state index >= 15 is 0 Å². The Hall–Kier alpha value is -3.46. The molecule has 9 heteroatoms. The zero-order valence-corrected chi connectivity index (χ0v) is 21.0. The van der Waals surface area contributed by atoms with E-state index in [1.165, 1.54) is 16.9 Å². The summed E-state index contributed by atoms with van der Waals surface area (Å²) in [7, 11) is 0. The van der Waals surface area contributed by atoms with Crippen molar-refractivity contribution >= 4 is 38.6 Å². The second-order valence-electron chi connectivity index (χ2n) is 10.4. The Morgan fingerprint density at radius 2 is 1.97 bits per heavy atom. The fourth-order valence-corrected chi connectivity index (χ4v) is 6.23. The third kappa shape index (κ3) is 4.03. The molecule has 6 rings (SSSR count). The van der Waals surface area contributed by atoms with Crippen molar-refractivity contribution in [1.82, 2.24) is 19.9 Å². The van der Waals surface area contributed by atoms with Crippen LogP contribution in [0.3, 0.4) is 0 Å². The molecule has 0 saturated heterocycles. The van der Waals surface area contributed by atoms with Gasteiger partial charge in [0.15, 0.2) is 5.13 Å². The van der Waals surface area contributed by atoms with E-state index in [4.69, 9.17) is 21.2 Å². The summed E-state index contributed by atoms with van der Waals surface area (Å²) in [5.41, 5.74) is 18.6.